The highest BCUT2D eigenvalue weighted by Gasteiger charge is 2.22. The molecule has 1 aromatic rings. The van der Waals surface area contributed by atoms with Crippen molar-refractivity contribution in [2.24, 2.45) is 0 Å². The number of ketones is 1. The molecule has 0 fully saturated rings. The fourth-order valence-electron chi connectivity index (χ4n) is 2.82. The number of hydrogen-bond donors (Lipinski definition) is 0. The van der Waals surface area contributed by atoms with Crippen LogP contribution in [0, 0.1) is 0 Å². The van der Waals surface area contributed by atoms with Crippen molar-refractivity contribution in [2.45, 2.75) is 40.0 Å². The van der Waals surface area contributed by atoms with E-state index in [0.29, 0.717) is 0 Å². The minimum atomic E-state index is 0.108. The molecular formula is C18H28NO+. The minimum Gasteiger partial charge on any atom is -0.297 e. The Kier molecular flexibility index (Phi) is 7.24. The standard InChI is InChI=1S/C18H28NO/c1-4-13-19(14-5-2,15-6-3)16-12-18(20)17-10-8-7-9-11-17/h7-12,16H,4-6,13-15H2,1-3H3/q+1. The Morgan fingerprint density at radius 3 is 1.90 bits per heavy atom. The molecule has 0 saturated heterocycles. The van der Waals surface area contributed by atoms with Gasteiger partial charge < -0.3 is 0 Å². The first kappa shape index (κ1) is 16.6. The molecule has 20 heavy (non-hydrogen) atoms. The summed E-state index contributed by atoms with van der Waals surface area (Å²) in [6, 6.07) is 9.51. The lowest BCUT2D eigenvalue weighted by molar-refractivity contribution is -0.879. The predicted octanol–water partition coefficient (Wildman–Crippen LogP) is 4.43. The first-order valence-electron chi connectivity index (χ1n) is 7.82. The molecule has 1 rings (SSSR count). The third kappa shape index (κ3) is 4.93. The number of carbonyl (C=O) groups excluding carboxylic acids is 1. The van der Waals surface area contributed by atoms with Gasteiger partial charge in [0, 0.05) is 11.6 Å². The van der Waals surface area contributed by atoms with Crippen molar-refractivity contribution in [1.82, 2.24) is 0 Å². The molecule has 0 bridgehead atoms. The smallest absolute Gasteiger partial charge is 0.191 e. The SMILES string of the molecule is CCC[N+](C=CC(=O)c1ccccc1)(CCC)CCC. The Morgan fingerprint density at radius 1 is 0.950 bits per heavy atom. The van der Waals surface area contributed by atoms with E-state index in [0.717, 1.165) is 48.9 Å². The van der Waals surface area contributed by atoms with Crippen LogP contribution in [0.2, 0.25) is 0 Å². The number of nitrogens with zero attached hydrogens (tertiary/aromatic N) is 1. The van der Waals surface area contributed by atoms with Gasteiger partial charge >= 0.3 is 0 Å². The van der Waals surface area contributed by atoms with Crippen molar-refractivity contribution < 1.29 is 9.28 Å². The molecular weight excluding hydrogens is 246 g/mol. The first-order chi connectivity index (χ1) is 9.67. The van der Waals surface area contributed by atoms with Crippen LogP contribution in [0.3, 0.4) is 0 Å². The number of hydrogen-bond acceptors (Lipinski definition) is 1. The van der Waals surface area contributed by atoms with E-state index in [1.807, 2.05) is 30.3 Å². The highest BCUT2D eigenvalue weighted by atomic mass is 16.1. The molecule has 0 heterocycles. The van der Waals surface area contributed by atoms with Crippen LogP contribution in [0.15, 0.2) is 42.6 Å². The molecule has 0 N–H and O–H groups in total. The average Bonchev–Trinajstić information content (AvgIpc) is 2.46. The molecule has 0 aromatic heterocycles. The van der Waals surface area contributed by atoms with Crippen LogP contribution >= 0.6 is 0 Å². The second-order valence-electron chi connectivity index (χ2n) is 5.44. The molecule has 0 aliphatic heterocycles. The van der Waals surface area contributed by atoms with Crippen molar-refractivity contribution >= 4 is 5.78 Å². The third-order valence-electron chi connectivity index (χ3n) is 3.61. The normalized spacial score (nSPS) is 11.9. The Bertz CT molecular complexity index is 405. The molecule has 0 atom stereocenters. The Labute approximate surface area is 123 Å². The molecule has 0 aliphatic carbocycles. The lowest BCUT2D eigenvalue weighted by Crippen LogP contribution is -2.44. The van der Waals surface area contributed by atoms with Gasteiger partial charge in [-0.15, -0.1) is 0 Å². The summed E-state index contributed by atoms with van der Waals surface area (Å²) < 4.78 is 0.933. The molecule has 0 aliphatic rings. The fraction of sp³-hybridized carbons (Fsp3) is 0.500. The van der Waals surface area contributed by atoms with Crippen LogP contribution < -0.4 is 0 Å². The number of rotatable bonds is 9. The van der Waals surface area contributed by atoms with Gasteiger partial charge in [0.1, 0.15) is 0 Å². The van der Waals surface area contributed by atoms with Gasteiger partial charge in [-0.25, -0.2) is 0 Å². The van der Waals surface area contributed by atoms with Crippen LogP contribution in [0.1, 0.15) is 50.4 Å². The summed E-state index contributed by atoms with van der Waals surface area (Å²) in [4.78, 5) is 12.2. The van der Waals surface area contributed by atoms with E-state index in [2.05, 4.69) is 27.0 Å². The van der Waals surface area contributed by atoms with E-state index in [1.165, 1.54) is 0 Å². The summed E-state index contributed by atoms with van der Waals surface area (Å²) in [5.74, 6) is 0.108. The zero-order chi connectivity index (χ0) is 14.8. The van der Waals surface area contributed by atoms with Crippen LogP contribution in [0.25, 0.3) is 0 Å². The Hall–Kier alpha value is -1.41. The summed E-state index contributed by atoms with van der Waals surface area (Å²) in [7, 11) is 0. The van der Waals surface area contributed by atoms with E-state index in [9.17, 15) is 4.79 Å². The molecule has 2 heteroatoms. The lowest BCUT2D eigenvalue weighted by Gasteiger charge is -2.34. The maximum atomic E-state index is 12.2. The maximum absolute atomic E-state index is 12.2. The van der Waals surface area contributed by atoms with Gasteiger partial charge in [-0.1, -0.05) is 51.1 Å². The average molecular weight is 274 g/mol. The van der Waals surface area contributed by atoms with Crippen molar-refractivity contribution in [3.05, 3.63) is 48.2 Å². The van der Waals surface area contributed by atoms with E-state index in [4.69, 9.17) is 0 Å². The van der Waals surface area contributed by atoms with E-state index in [-0.39, 0.29) is 5.78 Å². The van der Waals surface area contributed by atoms with Crippen LogP contribution in [0.5, 0.6) is 0 Å². The molecule has 0 amide bonds. The quantitative estimate of drug-likeness (QED) is 0.370. The largest absolute Gasteiger partial charge is 0.297 e. The van der Waals surface area contributed by atoms with Gasteiger partial charge in [0.05, 0.1) is 25.8 Å². The number of carbonyl (C=O) groups is 1. The third-order valence-corrected chi connectivity index (χ3v) is 3.61. The van der Waals surface area contributed by atoms with Crippen molar-refractivity contribution in [3.8, 4) is 0 Å². The van der Waals surface area contributed by atoms with E-state index in [1.54, 1.807) is 6.08 Å². The first-order valence-corrected chi connectivity index (χ1v) is 7.82. The maximum Gasteiger partial charge on any atom is 0.191 e. The fourth-order valence-corrected chi connectivity index (χ4v) is 2.82. The molecule has 0 saturated carbocycles. The molecule has 0 radical (unpaired) electrons. The zero-order valence-corrected chi connectivity index (χ0v) is 13.1. The molecule has 110 valence electrons. The van der Waals surface area contributed by atoms with Gasteiger partial charge in [0.2, 0.25) is 0 Å². The zero-order valence-electron chi connectivity index (χ0n) is 13.1. The summed E-state index contributed by atoms with van der Waals surface area (Å²) in [5.41, 5.74) is 0.770. The van der Waals surface area contributed by atoms with E-state index >= 15 is 0 Å². The Morgan fingerprint density at radius 2 is 1.45 bits per heavy atom. The minimum absolute atomic E-state index is 0.108. The van der Waals surface area contributed by atoms with Gasteiger partial charge in [-0.3, -0.25) is 9.28 Å². The van der Waals surface area contributed by atoms with Gasteiger partial charge in [0.25, 0.3) is 0 Å². The number of quaternary nitrogens is 1. The highest BCUT2D eigenvalue weighted by molar-refractivity contribution is 6.04. The van der Waals surface area contributed by atoms with Crippen LogP contribution in [-0.2, 0) is 0 Å². The molecule has 0 unspecified atom stereocenters. The summed E-state index contributed by atoms with van der Waals surface area (Å²) in [5, 5.41) is 0. The predicted molar refractivity (Wildman–Crippen MR) is 85.6 cm³/mol. The highest BCUT2D eigenvalue weighted by Crippen LogP contribution is 2.14. The summed E-state index contributed by atoms with van der Waals surface area (Å²) in [6.45, 7) is 9.97. The summed E-state index contributed by atoms with van der Waals surface area (Å²) in [6.07, 6.45) is 7.33. The topological polar surface area (TPSA) is 17.1 Å². The molecule has 2 nitrogen and oxygen atoms in total. The van der Waals surface area contributed by atoms with Crippen molar-refractivity contribution in [2.75, 3.05) is 19.6 Å². The van der Waals surface area contributed by atoms with E-state index < -0.39 is 0 Å². The lowest BCUT2D eigenvalue weighted by atomic mass is 10.1. The van der Waals surface area contributed by atoms with Crippen molar-refractivity contribution in [3.63, 3.8) is 0 Å². The Balaban J connectivity index is 2.87. The molecule has 1 aromatic carbocycles. The van der Waals surface area contributed by atoms with Gasteiger partial charge in [0.15, 0.2) is 5.78 Å². The van der Waals surface area contributed by atoms with Crippen LogP contribution in [0.4, 0.5) is 0 Å². The molecule has 0 spiro atoms. The van der Waals surface area contributed by atoms with Crippen LogP contribution in [-0.4, -0.2) is 29.9 Å². The summed E-state index contributed by atoms with van der Waals surface area (Å²) >= 11 is 0. The number of allylic oxidation sites excluding steroid dienone is 1. The number of benzene rings is 1. The second-order valence-corrected chi connectivity index (χ2v) is 5.44. The van der Waals surface area contributed by atoms with Gasteiger partial charge in [-0.2, -0.15) is 0 Å². The van der Waals surface area contributed by atoms with Gasteiger partial charge in [-0.05, 0) is 19.3 Å². The van der Waals surface area contributed by atoms with Crippen molar-refractivity contribution in [1.29, 1.82) is 0 Å². The monoisotopic (exact) mass is 274 g/mol. The second kappa shape index (κ2) is 8.70.